The number of piperazine rings is 1. The Hall–Kier alpha value is -1.76. The summed E-state index contributed by atoms with van der Waals surface area (Å²) in [5.74, 6) is 0.386. The molecule has 1 heterocycles. The molecule has 0 unspecified atom stereocenters. The van der Waals surface area contributed by atoms with Crippen LogP contribution >= 0.6 is 11.6 Å². The van der Waals surface area contributed by atoms with Crippen molar-refractivity contribution in [2.24, 2.45) is 0 Å². The summed E-state index contributed by atoms with van der Waals surface area (Å²) in [7, 11) is -3.56. The standard InChI is InChI=1S/C19H23ClN2O3S/c1-16-7-8-17(20)15-19(16)22-11-9-21(10-12-22)13-14-26(23,24)25-18-5-3-2-4-6-18/h2-8,15H,9-14H2,1H3/p+1. The van der Waals surface area contributed by atoms with E-state index >= 15 is 0 Å². The Morgan fingerprint density at radius 1 is 1.12 bits per heavy atom. The van der Waals surface area contributed by atoms with Crippen LogP contribution in [0.4, 0.5) is 5.69 Å². The van der Waals surface area contributed by atoms with Crippen LogP contribution in [-0.4, -0.2) is 46.9 Å². The van der Waals surface area contributed by atoms with Gasteiger partial charge in [-0.1, -0.05) is 35.9 Å². The summed E-state index contributed by atoms with van der Waals surface area (Å²) in [5.41, 5.74) is 2.37. The van der Waals surface area contributed by atoms with Gasteiger partial charge in [-0.2, -0.15) is 8.42 Å². The number of para-hydroxylation sites is 1. The zero-order valence-electron chi connectivity index (χ0n) is 14.8. The summed E-state index contributed by atoms with van der Waals surface area (Å²) in [6, 6.07) is 14.6. The van der Waals surface area contributed by atoms with Gasteiger partial charge >= 0.3 is 10.1 Å². The molecule has 0 spiro atoms. The van der Waals surface area contributed by atoms with Gasteiger partial charge in [-0.05, 0) is 36.8 Å². The molecule has 0 bridgehead atoms. The molecule has 5 nitrogen and oxygen atoms in total. The molecule has 1 saturated heterocycles. The van der Waals surface area contributed by atoms with E-state index in [1.54, 1.807) is 24.3 Å². The molecule has 1 fully saturated rings. The normalized spacial score (nSPS) is 15.8. The number of halogens is 1. The molecule has 26 heavy (non-hydrogen) atoms. The van der Waals surface area contributed by atoms with Crippen molar-refractivity contribution in [3.05, 3.63) is 59.1 Å². The van der Waals surface area contributed by atoms with Crippen LogP contribution in [0.3, 0.4) is 0 Å². The van der Waals surface area contributed by atoms with E-state index in [1.165, 1.54) is 10.5 Å². The third kappa shape index (κ3) is 5.13. The third-order valence-corrected chi connectivity index (χ3v) is 6.04. The molecule has 7 heteroatoms. The first-order chi connectivity index (χ1) is 12.4. The fourth-order valence-electron chi connectivity index (χ4n) is 3.17. The van der Waals surface area contributed by atoms with E-state index in [0.29, 0.717) is 12.3 Å². The molecule has 2 aromatic rings. The number of rotatable bonds is 6. The molecule has 0 radical (unpaired) electrons. The lowest BCUT2D eigenvalue weighted by molar-refractivity contribution is -0.898. The second kappa shape index (κ2) is 8.29. The molecule has 0 aliphatic carbocycles. The molecular weight excluding hydrogens is 372 g/mol. The van der Waals surface area contributed by atoms with Crippen LogP contribution in [0.25, 0.3) is 0 Å². The van der Waals surface area contributed by atoms with Gasteiger partial charge in [-0.15, -0.1) is 0 Å². The number of anilines is 1. The fraction of sp³-hybridized carbons (Fsp3) is 0.368. The Morgan fingerprint density at radius 2 is 1.81 bits per heavy atom. The zero-order valence-corrected chi connectivity index (χ0v) is 16.4. The van der Waals surface area contributed by atoms with Crippen LogP contribution in [-0.2, 0) is 10.1 Å². The molecule has 1 aliphatic heterocycles. The minimum absolute atomic E-state index is 0.0213. The minimum atomic E-state index is -3.56. The Balaban J connectivity index is 1.50. The van der Waals surface area contributed by atoms with Crippen molar-refractivity contribution in [2.45, 2.75) is 6.92 Å². The summed E-state index contributed by atoms with van der Waals surface area (Å²) in [6.07, 6.45) is 0. The second-order valence-corrected chi connectivity index (χ2v) is 8.70. The van der Waals surface area contributed by atoms with Crippen molar-refractivity contribution in [1.29, 1.82) is 0 Å². The van der Waals surface area contributed by atoms with Crippen LogP contribution in [0.5, 0.6) is 5.75 Å². The predicted octanol–water partition coefficient (Wildman–Crippen LogP) is 1.76. The first kappa shape index (κ1) is 19.0. The van der Waals surface area contributed by atoms with E-state index in [9.17, 15) is 8.42 Å². The molecule has 1 aliphatic rings. The third-order valence-electron chi connectivity index (χ3n) is 4.65. The lowest BCUT2D eigenvalue weighted by Crippen LogP contribution is -3.15. The average Bonchev–Trinajstić information content (AvgIpc) is 2.63. The van der Waals surface area contributed by atoms with Crippen molar-refractivity contribution >= 4 is 27.4 Å². The average molecular weight is 396 g/mol. The van der Waals surface area contributed by atoms with Crippen LogP contribution < -0.4 is 14.0 Å². The lowest BCUT2D eigenvalue weighted by Gasteiger charge is -2.34. The van der Waals surface area contributed by atoms with E-state index in [1.807, 2.05) is 24.3 Å². The maximum atomic E-state index is 12.1. The topological polar surface area (TPSA) is 51.0 Å². The fourth-order valence-corrected chi connectivity index (χ4v) is 4.36. The van der Waals surface area contributed by atoms with Gasteiger partial charge in [0.15, 0.2) is 0 Å². The number of nitrogens with zero attached hydrogens (tertiary/aromatic N) is 1. The van der Waals surface area contributed by atoms with Gasteiger partial charge in [0.1, 0.15) is 11.5 Å². The van der Waals surface area contributed by atoms with Crippen molar-refractivity contribution in [3.8, 4) is 5.75 Å². The quantitative estimate of drug-likeness (QED) is 0.757. The molecule has 0 saturated carbocycles. The van der Waals surface area contributed by atoms with Crippen molar-refractivity contribution in [2.75, 3.05) is 43.4 Å². The monoisotopic (exact) mass is 395 g/mol. The largest absolute Gasteiger partial charge is 0.382 e. The number of benzene rings is 2. The van der Waals surface area contributed by atoms with E-state index in [4.69, 9.17) is 15.8 Å². The Bertz CT molecular complexity index is 835. The first-order valence-corrected chi connectivity index (χ1v) is 10.7. The molecule has 0 atom stereocenters. The zero-order chi connectivity index (χ0) is 18.6. The van der Waals surface area contributed by atoms with Gasteiger partial charge in [0, 0.05) is 10.7 Å². The predicted molar refractivity (Wildman–Crippen MR) is 105 cm³/mol. The van der Waals surface area contributed by atoms with Gasteiger partial charge in [0.2, 0.25) is 0 Å². The Kier molecular flexibility index (Phi) is 6.06. The summed E-state index contributed by atoms with van der Waals surface area (Å²) >= 11 is 6.12. The van der Waals surface area contributed by atoms with Crippen molar-refractivity contribution in [3.63, 3.8) is 0 Å². The molecule has 2 aromatic carbocycles. The number of hydrogen-bond acceptors (Lipinski definition) is 4. The molecule has 0 aromatic heterocycles. The minimum Gasteiger partial charge on any atom is -0.382 e. The highest BCUT2D eigenvalue weighted by molar-refractivity contribution is 7.87. The number of nitrogens with one attached hydrogen (secondary N) is 1. The van der Waals surface area contributed by atoms with E-state index in [2.05, 4.69) is 11.8 Å². The molecular formula is C19H24ClN2O3S+. The Labute approximate surface area is 160 Å². The van der Waals surface area contributed by atoms with Gasteiger partial charge in [0.05, 0.1) is 32.7 Å². The molecule has 0 amide bonds. The summed E-state index contributed by atoms with van der Waals surface area (Å²) in [5, 5.41) is 0.740. The van der Waals surface area contributed by atoms with Crippen molar-refractivity contribution in [1.82, 2.24) is 0 Å². The SMILES string of the molecule is Cc1ccc(Cl)cc1N1CC[NH+](CCS(=O)(=O)Oc2ccccc2)CC1. The first-order valence-electron chi connectivity index (χ1n) is 8.75. The smallest absolute Gasteiger partial charge is 0.314 e. The molecule has 3 rings (SSSR count). The maximum Gasteiger partial charge on any atom is 0.314 e. The summed E-state index contributed by atoms with van der Waals surface area (Å²) in [4.78, 5) is 3.60. The molecule has 1 N–H and O–H groups in total. The lowest BCUT2D eigenvalue weighted by atomic mass is 10.1. The van der Waals surface area contributed by atoms with Gasteiger partial charge in [0.25, 0.3) is 0 Å². The van der Waals surface area contributed by atoms with Crippen LogP contribution in [0.15, 0.2) is 48.5 Å². The highest BCUT2D eigenvalue weighted by Gasteiger charge is 2.24. The van der Waals surface area contributed by atoms with E-state index in [-0.39, 0.29) is 5.75 Å². The van der Waals surface area contributed by atoms with Gasteiger partial charge < -0.3 is 14.0 Å². The van der Waals surface area contributed by atoms with E-state index in [0.717, 1.165) is 36.9 Å². The number of hydrogen-bond donors (Lipinski definition) is 1. The maximum absolute atomic E-state index is 12.1. The highest BCUT2D eigenvalue weighted by Crippen LogP contribution is 2.24. The number of quaternary nitrogens is 1. The van der Waals surface area contributed by atoms with Gasteiger partial charge in [-0.25, -0.2) is 0 Å². The molecule has 140 valence electrons. The Morgan fingerprint density at radius 3 is 2.50 bits per heavy atom. The van der Waals surface area contributed by atoms with E-state index < -0.39 is 10.1 Å². The van der Waals surface area contributed by atoms with Crippen LogP contribution in [0, 0.1) is 6.92 Å². The summed E-state index contributed by atoms with van der Waals surface area (Å²) < 4.78 is 29.4. The van der Waals surface area contributed by atoms with Gasteiger partial charge in [-0.3, -0.25) is 0 Å². The second-order valence-electron chi connectivity index (χ2n) is 6.58. The van der Waals surface area contributed by atoms with Crippen LogP contribution in [0.1, 0.15) is 5.56 Å². The van der Waals surface area contributed by atoms with Crippen molar-refractivity contribution < 1.29 is 17.5 Å². The highest BCUT2D eigenvalue weighted by atomic mass is 35.5. The number of aryl methyl sites for hydroxylation is 1. The summed E-state index contributed by atoms with van der Waals surface area (Å²) in [6.45, 7) is 6.20. The van der Waals surface area contributed by atoms with Crippen LogP contribution in [0.2, 0.25) is 5.02 Å².